The fraction of sp³-hybridized carbons (Fsp3) is 0.429. The summed E-state index contributed by atoms with van der Waals surface area (Å²) in [5, 5.41) is 0.857. The number of aromatic amines is 1. The third-order valence-corrected chi connectivity index (χ3v) is 4.94. The Labute approximate surface area is 143 Å². The molecule has 1 aliphatic rings. The van der Waals surface area contributed by atoms with E-state index in [0.29, 0.717) is 11.1 Å². The Morgan fingerprint density at radius 3 is 2.50 bits per heavy atom. The molecule has 24 heavy (non-hydrogen) atoms. The van der Waals surface area contributed by atoms with Crippen molar-refractivity contribution in [2.24, 2.45) is 5.92 Å². The minimum Gasteiger partial charge on any atom is -0.354 e. The summed E-state index contributed by atoms with van der Waals surface area (Å²) in [7, 11) is 0. The number of fused-ring (bicyclic) bond motifs is 3. The van der Waals surface area contributed by atoms with Crippen molar-refractivity contribution < 1.29 is 9.59 Å². The van der Waals surface area contributed by atoms with Crippen LogP contribution in [0.3, 0.4) is 0 Å². The molecule has 0 fully saturated rings. The second-order valence-corrected chi connectivity index (χ2v) is 7.18. The molecule has 1 heterocycles. The lowest BCUT2D eigenvalue weighted by Crippen LogP contribution is -2.22. The Kier molecular flexibility index (Phi) is 4.70. The Hall–Kier alpha value is -2.16. The lowest BCUT2D eigenvalue weighted by molar-refractivity contribution is -0.111. The van der Waals surface area contributed by atoms with Crippen LogP contribution in [0.15, 0.2) is 29.8 Å². The normalized spacial score (nSPS) is 14.8. The topological polar surface area (TPSA) is 49.9 Å². The molecule has 0 aliphatic heterocycles. The standard InChI is InChI=1S/C21H25NO2/c1-13(2)9-5-4-6-10-15-14(3)20(23)21(24)18-16-11-7-8-12-17(16)22-19(15)18/h7-8,11-13,22H,4-6,9-10H2,1-3H3. The van der Waals surface area contributed by atoms with Gasteiger partial charge in [-0.1, -0.05) is 51.3 Å². The molecule has 0 saturated carbocycles. The molecule has 3 nitrogen and oxygen atoms in total. The fourth-order valence-electron chi connectivity index (χ4n) is 3.56. The van der Waals surface area contributed by atoms with Crippen LogP contribution < -0.4 is 0 Å². The number of para-hydroxylation sites is 1. The number of unbranched alkanes of at least 4 members (excludes halogenated alkanes) is 2. The predicted molar refractivity (Wildman–Crippen MR) is 98.2 cm³/mol. The van der Waals surface area contributed by atoms with Crippen LogP contribution in [0.4, 0.5) is 0 Å². The Morgan fingerprint density at radius 1 is 1.00 bits per heavy atom. The molecule has 2 aromatic rings. The highest BCUT2D eigenvalue weighted by atomic mass is 16.2. The number of aromatic nitrogens is 1. The quantitative estimate of drug-likeness (QED) is 0.578. The van der Waals surface area contributed by atoms with Gasteiger partial charge in [-0.2, -0.15) is 0 Å². The highest BCUT2D eigenvalue weighted by Crippen LogP contribution is 2.36. The lowest BCUT2D eigenvalue weighted by Gasteiger charge is -2.17. The van der Waals surface area contributed by atoms with Crippen molar-refractivity contribution in [3.63, 3.8) is 0 Å². The van der Waals surface area contributed by atoms with Crippen LogP contribution in [0.5, 0.6) is 0 Å². The first-order valence-corrected chi connectivity index (χ1v) is 8.90. The van der Waals surface area contributed by atoms with Gasteiger partial charge in [0.2, 0.25) is 11.6 Å². The second-order valence-electron chi connectivity index (χ2n) is 7.18. The van der Waals surface area contributed by atoms with E-state index in [0.717, 1.165) is 47.4 Å². The van der Waals surface area contributed by atoms with Gasteiger partial charge < -0.3 is 4.98 Å². The van der Waals surface area contributed by atoms with Crippen LogP contribution in [0, 0.1) is 5.92 Å². The van der Waals surface area contributed by atoms with E-state index in [-0.39, 0.29) is 11.6 Å². The molecule has 0 bridgehead atoms. The van der Waals surface area contributed by atoms with E-state index >= 15 is 0 Å². The van der Waals surface area contributed by atoms with Gasteiger partial charge in [-0.3, -0.25) is 9.59 Å². The van der Waals surface area contributed by atoms with E-state index in [1.807, 2.05) is 24.3 Å². The monoisotopic (exact) mass is 323 g/mol. The van der Waals surface area contributed by atoms with E-state index in [1.165, 1.54) is 12.8 Å². The Bertz CT molecular complexity index is 823. The summed E-state index contributed by atoms with van der Waals surface area (Å²) < 4.78 is 0. The summed E-state index contributed by atoms with van der Waals surface area (Å²) >= 11 is 0. The molecular weight excluding hydrogens is 298 g/mol. The molecule has 0 radical (unpaired) electrons. The van der Waals surface area contributed by atoms with Crippen LogP contribution in [0.25, 0.3) is 16.5 Å². The number of H-pyrrole nitrogens is 1. The summed E-state index contributed by atoms with van der Waals surface area (Å²) in [4.78, 5) is 28.3. The number of Topliss-reactive ketones (excluding diaryl/α,β-unsaturated/α-hetero) is 2. The lowest BCUT2D eigenvalue weighted by atomic mass is 9.85. The molecule has 3 rings (SSSR count). The van der Waals surface area contributed by atoms with Crippen molar-refractivity contribution in [2.45, 2.75) is 52.9 Å². The minimum absolute atomic E-state index is 0.343. The number of carbonyl (C=O) groups is 2. The van der Waals surface area contributed by atoms with E-state index < -0.39 is 0 Å². The molecule has 1 aliphatic carbocycles. The molecule has 1 aromatic heterocycles. The highest BCUT2D eigenvalue weighted by molar-refractivity contribution is 6.54. The summed E-state index contributed by atoms with van der Waals surface area (Å²) in [6.07, 6.45) is 5.52. The maximum Gasteiger partial charge on any atom is 0.235 e. The van der Waals surface area contributed by atoms with Gasteiger partial charge in [-0.05, 0) is 37.3 Å². The van der Waals surface area contributed by atoms with Crippen molar-refractivity contribution in [3.8, 4) is 0 Å². The number of nitrogens with one attached hydrogen (secondary N) is 1. The minimum atomic E-state index is -0.372. The first-order chi connectivity index (χ1) is 11.5. The van der Waals surface area contributed by atoms with E-state index in [1.54, 1.807) is 6.92 Å². The zero-order valence-electron chi connectivity index (χ0n) is 14.7. The highest BCUT2D eigenvalue weighted by Gasteiger charge is 2.33. The number of ketones is 2. The predicted octanol–water partition coefficient (Wildman–Crippen LogP) is 5.31. The molecule has 0 atom stereocenters. The number of hydrogen-bond donors (Lipinski definition) is 1. The van der Waals surface area contributed by atoms with Gasteiger partial charge in [0.25, 0.3) is 0 Å². The van der Waals surface area contributed by atoms with Gasteiger partial charge in [0, 0.05) is 16.5 Å². The van der Waals surface area contributed by atoms with Crippen LogP contribution in [0.2, 0.25) is 0 Å². The second kappa shape index (κ2) is 6.76. The summed E-state index contributed by atoms with van der Waals surface area (Å²) in [5.74, 6) is 0.0214. The van der Waals surface area contributed by atoms with Crippen molar-refractivity contribution >= 4 is 28.0 Å². The number of allylic oxidation sites excluding steroid dienone is 2. The van der Waals surface area contributed by atoms with Crippen molar-refractivity contribution in [3.05, 3.63) is 41.1 Å². The van der Waals surface area contributed by atoms with Crippen LogP contribution in [-0.4, -0.2) is 16.6 Å². The Morgan fingerprint density at radius 2 is 1.75 bits per heavy atom. The molecule has 0 saturated heterocycles. The fourth-order valence-corrected chi connectivity index (χ4v) is 3.56. The van der Waals surface area contributed by atoms with Gasteiger partial charge in [-0.15, -0.1) is 0 Å². The first kappa shape index (κ1) is 16.7. The van der Waals surface area contributed by atoms with Crippen LogP contribution in [-0.2, 0) is 4.79 Å². The summed E-state index contributed by atoms with van der Waals surface area (Å²) in [6, 6.07) is 7.72. The average Bonchev–Trinajstić information content (AvgIpc) is 2.94. The zero-order chi connectivity index (χ0) is 17.3. The molecular formula is C21H25NO2. The van der Waals surface area contributed by atoms with Gasteiger partial charge in [0.15, 0.2) is 0 Å². The third-order valence-electron chi connectivity index (χ3n) is 4.94. The first-order valence-electron chi connectivity index (χ1n) is 8.90. The van der Waals surface area contributed by atoms with Gasteiger partial charge in [0.1, 0.15) is 0 Å². The number of rotatable bonds is 6. The van der Waals surface area contributed by atoms with Crippen molar-refractivity contribution in [2.75, 3.05) is 0 Å². The third kappa shape index (κ3) is 2.95. The van der Waals surface area contributed by atoms with Gasteiger partial charge in [-0.25, -0.2) is 0 Å². The summed E-state index contributed by atoms with van der Waals surface area (Å²) in [6.45, 7) is 6.28. The van der Waals surface area contributed by atoms with Crippen LogP contribution in [0.1, 0.15) is 68.9 Å². The zero-order valence-corrected chi connectivity index (χ0v) is 14.7. The van der Waals surface area contributed by atoms with Crippen molar-refractivity contribution in [1.29, 1.82) is 0 Å². The summed E-state index contributed by atoms with van der Waals surface area (Å²) in [5.41, 5.74) is 3.99. The number of carbonyl (C=O) groups excluding carboxylic acids is 2. The SMILES string of the molecule is CC1=C(CCCCCC(C)C)c2[nH]c3ccccc3c2C(=O)C1=O. The molecule has 3 heteroatoms. The van der Waals surface area contributed by atoms with Gasteiger partial charge in [0.05, 0.1) is 11.3 Å². The molecule has 0 spiro atoms. The maximum absolute atomic E-state index is 12.5. The molecule has 126 valence electrons. The largest absolute Gasteiger partial charge is 0.354 e. The molecule has 0 unspecified atom stereocenters. The smallest absolute Gasteiger partial charge is 0.235 e. The number of benzene rings is 1. The average molecular weight is 323 g/mol. The van der Waals surface area contributed by atoms with E-state index in [4.69, 9.17) is 0 Å². The maximum atomic E-state index is 12.5. The molecule has 1 N–H and O–H groups in total. The van der Waals surface area contributed by atoms with Crippen LogP contribution >= 0.6 is 0 Å². The van der Waals surface area contributed by atoms with E-state index in [2.05, 4.69) is 18.8 Å². The van der Waals surface area contributed by atoms with Gasteiger partial charge >= 0.3 is 0 Å². The number of hydrogen-bond acceptors (Lipinski definition) is 2. The molecule has 1 aromatic carbocycles. The van der Waals surface area contributed by atoms with Crippen molar-refractivity contribution in [1.82, 2.24) is 4.98 Å². The van der Waals surface area contributed by atoms with E-state index in [9.17, 15) is 9.59 Å². The molecule has 0 amide bonds. The Balaban J connectivity index is 1.89.